The lowest BCUT2D eigenvalue weighted by molar-refractivity contribution is 0.0735. The molecule has 0 saturated heterocycles. The van der Waals surface area contributed by atoms with Crippen molar-refractivity contribution in [2.24, 2.45) is 0 Å². The van der Waals surface area contributed by atoms with Gasteiger partial charge in [0.25, 0.3) is 0 Å². The molecule has 0 unspecified atom stereocenters. The fourth-order valence-electron chi connectivity index (χ4n) is 3.28. The molecule has 3 aromatic carbocycles. The number of carbonyl (C=O) groups is 1. The first-order valence-corrected chi connectivity index (χ1v) is 10.0. The van der Waals surface area contributed by atoms with Crippen molar-refractivity contribution < 1.29 is 13.9 Å². The van der Waals surface area contributed by atoms with Gasteiger partial charge in [-0.1, -0.05) is 64.5 Å². The first-order valence-electron chi connectivity index (χ1n) is 9.24. The number of rotatable bonds is 4. The molecule has 146 valence electrons. The normalized spacial score (nSPS) is 10.4. The van der Waals surface area contributed by atoms with E-state index in [9.17, 15) is 10.1 Å². The van der Waals surface area contributed by atoms with E-state index in [1.807, 2.05) is 42.5 Å². The molecule has 0 aliphatic heterocycles. The fraction of sp³-hybridized carbons (Fsp3) is 0.0400. The van der Waals surface area contributed by atoms with Crippen molar-refractivity contribution in [3.05, 3.63) is 100 Å². The second-order valence-electron chi connectivity index (χ2n) is 6.61. The summed E-state index contributed by atoms with van der Waals surface area (Å²) in [4.78, 5) is 12.6. The number of nitriles is 1. The van der Waals surface area contributed by atoms with Gasteiger partial charge >= 0.3 is 5.97 Å². The van der Waals surface area contributed by atoms with E-state index >= 15 is 0 Å². The van der Waals surface area contributed by atoms with Gasteiger partial charge in [-0.25, -0.2) is 4.79 Å². The van der Waals surface area contributed by atoms with Crippen LogP contribution in [0.2, 0.25) is 0 Å². The maximum atomic E-state index is 12.6. The van der Waals surface area contributed by atoms with E-state index in [1.165, 1.54) is 0 Å². The standard InChI is InChI=1S/C25H16BrNO3/c1-16-23(21(15-27)24(29-16)17-7-3-2-4-8-17)20-9-5-6-10-22(20)30-25(28)18-11-13-19(26)14-12-18/h2-14H,1H3. The van der Waals surface area contributed by atoms with Gasteiger partial charge in [-0.15, -0.1) is 0 Å². The number of hydrogen-bond acceptors (Lipinski definition) is 4. The minimum Gasteiger partial charge on any atom is -0.459 e. The highest BCUT2D eigenvalue weighted by atomic mass is 79.9. The van der Waals surface area contributed by atoms with E-state index in [-0.39, 0.29) is 0 Å². The molecule has 5 heteroatoms. The number of benzene rings is 3. The van der Waals surface area contributed by atoms with Crippen LogP contribution in [-0.2, 0) is 0 Å². The molecule has 4 nitrogen and oxygen atoms in total. The van der Waals surface area contributed by atoms with Crippen LogP contribution in [0.4, 0.5) is 0 Å². The summed E-state index contributed by atoms with van der Waals surface area (Å²) in [7, 11) is 0. The predicted molar refractivity (Wildman–Crippen MR) is 118 cm³/mol. The molecule has 0 atom stereocenters. The molecular formula is C25H16BrNO3. The molecule has 1 aromatic heterocycles. The Morgan fingerprint density at radius 2 is 1.63 bits per heavy atom. The minimum atomic E-state index is -0.474. The number of nitrogens with zero attached hydrogens (tertiary/aromatic N) is 1. The topological polar surface area (TPSA) is 63.2 Å². The van der Waals surface area contributed by atoms with Gasteiger partial charge < -0.3 is 9.15 Å². The van der Waals surface area contributed by atoms with E-state index in [0.717, 1.165) is 10.0 Å². The molecule has 1 heterocycles. The highest BCUT2D eigenvalue weighted by Gasteiger charge is 2.23. The van der Waals surface area contributed by atoms with Crippen molar-refractivity contribution in [3.8, 4) is 34.3 Å². The van der Waals surface area contributed by atoms with Gasteiger partial charge in [-0.3, -0.25) is 0 Å². The largest absolute Gasteiger partial charge is 0.459 e. The smallest absolute Gasteiger partial charge is 0.343 e. The summed E-state index contributed by atoms with van der Waals surface area (Å²) in [6.07, 6.45) is 0. The SMILES string of the molecule is Cc1oc(-c2ccccc2)c(C#N)c1-c1ccccc1OC(=O)c1ccc(Br)cc1. The first-order chi connectivity index (χ1) is 14.6. The quantitative estimate of drug-likeness (QED) is 0.250. The van der Waals surface area contributed by atoms with E-state index in [4.69, 9.17) is 9.15 Å². The van der Waals surface area contributed by atoms with Crippen LogP contribution in [0.5, 0.6) is 5.75 Å². The fourth-order valence-corrected chi connectivity index (χ4v) is 3.54. The van der Waals surface area contributed by atoms with Crippen LogP contribution in [0.15, 0.2) is 87.8 Å². The zero-order chi connectivity index (χ0) is 21.1. The van der Waals surface area contributed by atoms with Crippen LogP contribution in [0.3, 0.4) is 0 Å². The first kappa shape index (κ1) is 19.7. The van der Waals surface area contributed by atoms with Gasteiger partial charge in [0.05, 0.1) is 5.56 Å². The molecule has 0 saturated carbocycles. The minimum absolute atomic E-state index is 0.366. The number of ether oxygens (including phenoxy) is 1. The van der Waals surface area contributed by atoms with Crippen LogP contribution in [0.1, 0.15) is 21.7 Å². The molecule has 4 rings (SSSR count). The van der Waals surface area contributed by atoms with Crippen molar-refractivity contribution in [3.63, 3.8) is 0 Å². The van der Waals surface area contributed by atoms with Crippen molar-refractivity contribution in [1.29, 1.82) is 5.26 Å². The summed E-state index contributed by atoms with van der Waals surface area (Å²) in [5, 5.41) is 9.89. The molecule has 0 aliphatic carbocycles. The number of carbonyl (C=O) groups excluding carboxylic acids is 1. The summed E-state index contributed by atoms with van der Waals surface area (Å²) >= 11 is 3.36. The number of esters is 1. The molecule has 30 heavy (non-hydrogen) atoms. The van der Waals surface area contributed by atoms with Gasteiger partial charge in [0.2, 0.25) is 0 Å². The summed E-state index contributed by atoms with van der Waals surface area (Å²) in [6.45, 7) is 1.80. The number of para-hydroxylation sites is 1. The monoisotopic (exact) mass is 457 g/mol. The molecule has 4 aromatic rings. The van der Waals surface area contributed by atoms with Crippen LogP contribution >= 0.6 is 15.9 Å². The number of aryl methyl sites for hydroxylation is 1. The Morgan fingerprint density at radius 1 is 0.967 bits per heavy atom. The van der Waals surface area contributed by atoms with Crippen LogP contribution < -0.4 is 4.74 Å². The number of furan rings is 1. The lowest BCUT2D eigenvalue weighted by Gasteiger charge is -2.10. The Morgan fingerprint density at radius 3 is 2.33 bits per heavy atom. The Kier molecular flexibility index (Phi) is 5.51. The van der Waals surface area contributed by atoms with E-state index < -0.39 is 5.97 Å². The Hall–Kier alpha value is -3.62. The number of halogens is 1. The number of hydrogen-bond donors (Lipinski definition) is 0. The summed E-state index contributed by atoms with van der Waals surface area (Å²) in [6, 6.07) is 25.8. The van der Waals surface area contributed by atoms with Crippen molar-refractivity contribution in [2.75, 3.05) is 0 Å². The molecule has 0 radical (unpaired) electrons. The molecule has 0 fully saturated rings. The Labute approximate surface area is 182 Å². The average Bonchev–Trinajstić information content (AvgIpc) is 3.11. The molecule has 0 bridgehead atoms. The Bertz CT molecular complexity index is 1250. The zero-order valence-corrected chi connectivity index (χ0v) is 17.6. The Balaban J connectivity index is 1.78. The van der Waals surface area contributed by atoms with Gasteiger partial charge in [-0.05, 0) is 37.3 Å². The predicted octanol–water partition coefficient (Wildman–Crippen LogP) is 6.78. The molecule has 0 spiro atoms. The summed E-state index contributed by atoms with van der Waals surface area (Å²) in [5.41, 5.74) is 2.90. The van der Waals surface area contributed by atoms with Crippen LogP contribution in [0.25, 0.3) is 22.5 Å². The third kappa shape index (κ3) is 3.78. The maximum absolute atomic E-state index is 12.6. The van der Waals surface area contributed by atoms with E-state index in [1.54, 1.807) is 43.3 Å². The average molecular weight is 458 g/mol. The molecule has 0 amide bonds. The lowest BCUT2D eigenvalue weighted by Crippen LogP contribution is -2.09. The van der Waals surface area contributed by atoms with Crippen molar-refractivity contribution in [2.45, 2.75) is 6.92 Å². The van der Waals surface area contributed by atoms with Gasteiger partial charge in [-0.2, -0.15) is 5.26 Å². The van der Waals surface area contributed by atoms with Gasteiger partial charge in [0.1, 0.15) is 23.1 Å². The lowest BCUT2D eigenvalue weighted by atomic mass is 9.98. The molecule has 0 aliphatic rings. The maximum Gasteiger partial charge on any atom is 0.343 e. The van der Waals surface area contributed by atoms with Crippen molar-refractivity contribution >= 4 is 21.9 Å². The third-order valence-corrected chi connectivity index (χ3v) is 5.20. The van der Waals surface area contributed by atoms with E-state index in [0.29, 0.717) is 39.5 Å². The van der Waals surface area contributed by atoms with Crippen LogP contribution in [0, 0.1) is 18.3 Å². The second kappa shape index (κ2) is 8.40. The third-order valence-electron chi connectivity index (χ3n) is 4.67. The summed E-state index contributed by atoms with van der Waals surface area (Å²) < 4.78 is 12.5. The highest BCUT2D eigenvalue weighted by molar-refractivity contribution is 9.10. The highest BCUT2D eigenvalue weighted by Crippen LogP contribution is 2.41. The molecule has 0 N–H and O–H groups in total. The molecular weight excluding hydrogens is 442 g/mol. The van der Waals surface area contributed by atoms with E-state index in [2.05, 4.69) is 22.0 Å². The van der Waals surface area contributed by atoms with Crippen molar-refractivity contribution in [1.82, 2.24) is 0 Å². The second-order valence-corrected chi connectivity index (χ2v) is 7.52. The van der Waals surface area contributed by atoms with Gasteiger partial charge in [0, 0.05) is 21.2 Å². The van der Waals surface area contributed by atoms with Crippen LogP contribution in [-0.4, -0.2) is 5.97 Å². The summed E-state index contributed by atoms with van der Waals surface area (Å²) in [5.74, 6) is 0.973. The van der Waals surface area contributed by atoms with Gasteiger partial charge in [0.15, 0.2) is 5.76 Å². The zero-order valence-electron chi connectivity index (χ0n) is 16.1.